The van der Waals surface area contributed by atoms with Gasteiger partial charge in [0.1, 0.15) is 5.75 Å². The fourth-order valence-electron chi connectivity index (χ4n) is 2.75. The second-order valence-corrected chi connectivity index (χ2v) is 8.93. The predicted molar refractivity (Wildman–Crippen MR) is 111 cm³/mol. The second kappa shape index (κ2) is 9.58. The number of carbonyl (C=O) groups excluding carboxylic acids is 3. The molecule has 0 unspecified atom stereocenters. The molecule has 1 saturated heterocycles. The summed E-state index contributed by atoms with van der Waals surface area (Å²) < 4.78 is 6.00. The summed E-state index contributed by atoms with van der Waals surface area (Å²) in [5.41, 5.74) is 0.739. The van der Waals surface area contributed by atoms with Gasteiger partial charge < -0.3 is 9.84 Å². The Hall–Kier alpha value is -2.13. The number of carboxylic acids is 1. The summed E-state index contributed by atoms with van der Waals surface area (Å²) >= 11 is 4.22. The lowest BCUT2D eigenvalue weighted by atomic mass is 9.86. The number of carbonyl (C=O) groups is 4. The van der Waals surface area contributed by atoms with Crippen molar-refractivity contribution in [3.05, 3.63) is 33.1 Å². The number of amides is 2. The monoisotopic (exact) mass is 481 g/mol. The van der Waals surface area contributed by atoms with Crippen LogP contribution >= 0.6 is 27.7 Å². The molecule has 3 fully saturated rings. The van der Waals surface area contributed by atoms with Gasteiger partial charge in [0.15, 0.2) is 0 Å². The van der Waals surface area contributed by atoms with Crippen molar-refractivity contribution < 1.29 is 29.0 Å². The van der Waals surface area contributed by atoms with E-state index in [-0.39, 0.29) is 23.0 Å². The average molecular weight is 482 g/mol. The van der Waals surface area contributed by atoms with Crippen molar-refractivity contribution in [2.75, 3.05) is 0 Å². The van der Waals surface area contributed by atoms with Crippen molar-refractivity contribution in [3.8, 4) is 5.75 Å². The predicted octanol–water partition coefficient (Wildman–Crippen LogP) is 4.35. The van der Waals surface area contributed by atoms with Crippen LogP contribution < -0.4 is 10.1 Å². The smallest absolute Gasteiger partial charge is 0.314 e. The number of esters is 1. The molecule has 2 amide bonds. The number of aliphatic carboxylic acids is 1. The Morgan fingerprint density at radius 2 is 1.79 bits per heavy atom. The first-order valence-electron chi connectivity index (χ1n) is 9.32. The summed E-state index contributed by atoms with van der Waals surface area (Å²) in [5, 5.41) is 10.1. The molecule has 0 spiro atoms. The number of rotatable bonds is 4. The molecule has 0 atom stereocenters. The molecule has 3 aliphatic rings. The highest BCUT2D eigenvalue weighted by Crippen LogP contribution is 2.33. The Bertz CT molecular complexity index is 876. The molecular weight excluding hydrogens is 462 g/mol. The van der Waals surface area contributed by atoms with E-state index in [2.05, 4.69) is 21.2 Å². The maximum absolute atomic E-state index is 11.8. The number of imide groups is 1. The van der Waals surface area contributed by atoms with Crippen LogP contribution in [0.4, 0.5) is 4.79 Å². The number of nitrogens with one attached hydrogen (secondary N) is 1. The molecule has 2 N–H and O–H groups in total. The van der Waals surface area contributed by atoms with Crippen molar-refractivity contribution in [3.63, 3.8) is 0 Å². The summed E-state index contributed by atoms with van der Waals surface area (Å²) in [5.74, 6) is -0.746. The zero-order chi connectivity index (χ0) is 21.0. The summed E-state index contributed by atoms with van der Waals surface area (Å²) in [7, 11) is 0. The molecule has 1 aromatic carbocycles. The topological polar surface area (TPSA) is 110 Å². The third-order valence-corrected chi connectivity index (χ3v) is 6.43. The Labute approximate surface area is 180 Å². The molecule has 1 heterocycles. The molecular formula is C20H20BrNO6S. The van der Waals surface area contributed by atoms with Crippen molar-refractivity contribution in [2.24, 2.45) is 11.8 Å². The van der Waals surface area contributed by atoms with Crippen LogP contribution in [0.25, 0.3) is 6.08 Å². The standard InChI is InChI=1S/C15H12BrNO4S.C5H8O2/c16-10-6-8(7-12-13(18)17-15(20)22-12)4-5-11(10)21-14(19)9-2-1-3-9;6-5(7)4-2-1-3-4/h4-7,9H,1-3H2,(H,17,18,20);4H,1-3H2,(H,6,7)/b12-7-;. The normalized spacial score (nSPS) is 20.2. The molecule has 7 nitrogen and oxygen atoms in total. The molecule has 0 aromatic heterocycles. The number of hydrogen-bond acceptors (Lipinski definition) is 6. The first kappa shape index (κ1) is 21.6. The van der Waals surface area contributed by atoms with Gasteiger partial charge >= 0.3 is 11.9 Å². The molecule has 0 radical (unpaired) electrons. The van der Waals surface area contributed by atoms with E-state index in [0.29, 0.717) is 15.1 Å². The fourth-order valence-corrected chi connectivity index (χ4v) is 3.91. The van der Waals surface area contributed by atoms with Crippen LogP contribution in [-0.4, -0.2) is 28.2 Å². The van der Waals surface area contributed by atoms with Crippen molar-refractivity contribution in [2.45, 2.75) is 38.5 Å². The van der Waals surface area contributed by atoms with E-state index in [1.807, 2.05) is 0 Å². The lowest BCUT2D eigenvalue weighted by molar-refractivity contribution is -0.144. The Balaban J connectivity index is 0.000000290. The second-order valence-electron chi connectivity index (χ2n) is 7.06. The van der Waals surface area contributed by atoms with Gasteiger partial charge in [-0.15, -0.1) is 0 Å². The summed E-state index contributed by atoms with van der Waals surface area (Å²) in [6.45, 7) is 0. The van der Waals surface area contributed by atoms with Crippen LogP contribution in [-0.2, 0) is 14.4 Å². The van der Waals surface area contributed by atoms with E-state index in [1.54, 1.807) is 24.3 Å². The minimum atomic E-state index is -0.619. The highest BCUT2D eigenvalue weighted by atomic mass is 79.9. The highest BCUT2D eigenvalue weighted by Gasteiger charge is 2.28. The fraction of sp³-hybridized carbons (Fsp3) is 0.400. The molecule has 2 saturated carbocycles. The number of hydrogen-bond donors (Lipinski definition) is 2. The van der Waals surface area contributed by atoms with Crippen molar-refractivity contribution in [1.82, 2.24) is 5.32 Å². The van der Waals surface area contributed by atoms with E-state index >= 15 is 0 Å². The van der Waals surface area contributed by atoms with Gasteiger partial charge in [0.25, 0.3) is 11.1 Å². The van der Waals surface area contributed by atoms with Gasteiger partial charge in [0.2, 0.25) is 0 Å². The Morgan fingerprint density at radius 3 is 2.21 bits per heavy atom. The summed E-state index contributed by atoms with van der Waals surface area (Å²) in [4.78, 5) is 44.8. The van der Waals surface area contributed by atoms with Gasteiger partial charge in [-0.2, -0.15) is 0 Å². The van der Waals surface area contributed by atoms with Gasteiger partial charge in [-0.3, -0.25) is 24.5 Å². The van der Waals surface area contributed by atoms with Crippen LogP contribution in [0, 0.1) is 11.8 Å². The Morgan fingerprint density at radius 1 is 1.14 bits per heavy atom. The maximum Gasteiger partial charge on any atom is 0.314 e. The lowest BCUT2D eigenvalue weighted by Gasteiger charge is -2.23. The molecule has 4 rings (SSSR count). The van der Waals surface area contributed by atoms with Crippen molar-refractivity contribution in [1.29, 1.82) is 0 Å². The van der Waals surface area contributed by atoms with Gasteiger partial charge in [-0.1, -0.05) is 18.9 Å². The third kappa shape index (κ3) is 5.70. The van der Waals surface area contributed by atoms with E-state index in [9.17, 15) is 19.2 Å². The van der Waals surface area contributed by atoms with Gasteiger partial charge in [0, 0.05) is 0 Å². The zero-order valence-corrected chi connectivity index (χ0v) is 17.9. The van der Waals surface area contributed by atoms with Crippen LogP contribution in [0.1, 0.15) is 44.1 Å². The van der Waals surface area contributed by atoms with Crippen LogP contribution in [0.2, 0.25) is 0 Å². The first-order chi connectivity index (χ1) is 13.8. The number of ether oxygens (including phenoxy) is 1. The van der Waals surface area contributed by atoms with E-state index in [4.69, 9.17) is 9.84 Å². The highest BCUT2D eigenvalue weighted by molar-refractivity contribution is 9.10. The van der Waals surface area contributed by atoms with Crippen LogP contribution in [0.5, 0.6) is 5.75 Å². The number of thioether (sulfide) groups is 1. The molecule has 154 valence electrons. The molecule has 2 aliphatic carbocycles. The van der Waals surface area contributed by atoms with Crippen LogP contribution in [0.3, 0.4) is 0 Å². The average Bonchev–Trinajstić information content (AvgIpc) is 2.84. The van der Waals surface area contributed by atoms with Crippen LogP contribution in [0.15, 0.2) is 27.6 Å². The molecule has 0 bridgehead atoms. The summed E-state index contributed by atoms with van der Waals surface area (Å²) in [6.07, 6.45) is 7.38. The minimum Gasteiger partial charge on any atom is -0.481 e. The SMILES string of the molecule is O=C(O)C1CCC1.O=C1NC(=O)/C(=C/c2ccc(OC(=O)C3CCC3)c(Br)c2)S1. The molecule has 1 aromatic rings. The minimum absolute atomic E-state index is 0.000000000000000444. The number of benzene rings is 1. The quantitative estimate of drug-likeness (QED) is 0.373. The largest absolute Gasteiger partial charge is 0.481 e. The van der Waals surface area contributed by atoms with Gasteiger partial charge in [0.05, 0.1) is 21.2 Å². The maximum atomic E-state index is 11.8. The molecule has 9 heteroatoms. The van der Waals surface area contributed by atoms with E-state index < -0.39 is 11.9 Å². The molecule has 1 aliphatic heterocycles. The van der Waals surface area contributed by atoms with E-state index in [0.717, 1.165) is 55.9 Å². The third-order valence-electron chi connectivity index (χ3n) is 5.00. The lowest BCUT2D eigenvalue weighted by Crippen LogP contribution is -2.26. The Kier molecular flexibility index (Phi) is 7.13. The zero-order valence-electron chi connectivity index (χ0n) is 15.5. The van der Waals surface area contributed by atoms with E-state index in [1.165, 1.54) is 0 Å². The van der Waals surface area contributed by atoms with Gasteiger partial charge in [-0.05, 0) is 77.1 Å². The number of carboxylic acid groups (broad SMARTS) is 1. The van der Waals surface area contributed by atoms with Crippen molar-refractivity contribution >= 4 is 56.9 Å². The molecule has 29 heavy (non-hydrogen) atoms. The first-order valence-corrected chi connectivity index (χ1v) is 10.9. The van der Waals surface area contributed by atoms with Gasteiger partial charge in [-0.25, -0.2) is 0 Å². The summed E-state index contributed by atoms with van der Waals surface area (Å²) in [6, 6.07) is 5.15. The number of halogens is 1.